The standard InChI is InChI=1S/C17H24N2OS3/c1-9(2)21-14-13-11-7-17(5,6)20-8-12(11)23-15(13)18-19-16(14)22-10(3)4/h9-10H,7-8H2,1-6H3. The summed E-state index contributed by atoms with van der Waals surface area (Å²) in [7, 11) is 0. The molecule has 2 aromatic rings. The van der Waals surface area contributed by atoms with Crippen LogP contribution in [0.25, 0.3) is 10.2 Å². The third-order valence-corrected chi connectivity index (χ3v) is 6.93. The normalized spacial score (nSPS) is 17.2. The van der Waals surface area contributed by atoms with Crippen molar-refractivity contribution in [3.05, 3.63) is 10.4 Å². The Kier molecular flexibility index (Phi) is 4.98. The molecule has 0 aliphatic carbocycles. The van der Waals surface area contributed by atoms with Crippen molar-refractivity contribution in [1.29, 1.82) is 0 Å². The molecule has 1 aliphatic rings. The van der Waals surface area contributed by atoms with Crippen LogP contribution in [0.3, 0.4) is 0 Å². The lowest BCUT2D eigenvalue weighted by molar-refractivity contribution is -0.0379. The van der Waals surface area contributed by atoms with Crippen molar-refractivity contribution in [3.8, 4) is 0 Å². The van der Waals surface area contributed by atoms with Gasteiger partial charge in [0.05, 0.1) is 17.1 Å². The molecule has 2 aromatic heterocycles. The second kappa shape index (κ2) is 6.54. The number of hydrogen-bond donors (Lipinski definition) is 0. The number of nitrogens with zero attached hydrogens (tertiary/aromatic N) is 2. The van der Waals surface area contributed by atoms with Crippen LogP contribution in [0.4, 0.5) is 0 Å². The van der Waals surface area contributed by atoms with E-state index in [9.17, 15) is 0 Å². The molecule has 6 heteroatoms. The summed E-state index contributed by atoms with van der Waals surface area (Å²) in [6, 6.07) is 0. The molecule has 0 unspecified atom stereocenters. The molecule has 0 aromatic carbocycles. The maximum atomic E-state index is 5.99. The van der Waals surface area contributed by atoms with E-state index in [2.05, 4.69) is 51.7 Å². The molecule has 0 fully saturated rings. The average molecular weight is 369 g/mol. The van der Waals surface area contributed by atoms with Crippen LogP contribution in [-0.2, 0) is 17.8 Å². The quantitative estimate of drug-likeness (QED) is 0.662. The van der Waals surface area contributed by atoms with Gasteiger partial charge in [0.25, 0.3) is 0 Å². The number of ether oxygens (including phenoxy) is 1. The Morgan fingerprint density at radius 2 is 1.78 bits per heavy atom. The van der Waals surface area contributed by atoms with Crippen molar-refractivity contribution in [2.24, 2.45) is 0 Å². The van der Waals surface area contributed by atoms with Crippen molar-refractivity contribution in [3.63, 3.8) is 0 Å². The average Bonchev–Trinajstić information content (AvgIpc) is 2.77. The van der Waals surface area contributed by atoms with E-state index in [-0.39, 0.29) is 5.60 Å². The lowest BCUT2D eigenvalue weighted by atomic mass is 9.94. The second-order valence-corrected chi connectivity index (χ2v) is 11.3. The van der Waals surface area contributed by atoms with Crippen LogP contribution in [-0.4, -0.2) is 26.3 Å². The van der Waals surface area contributed by atoms with Gasteiger partial charge < -0.3 is 4.74 Å². The number of fused-ring (bicyclic) bond motifs is 3. The molecule has 0 spiro atoms. The summed E-state index contributed by atoms with van der Waals surface area (Å²) >= 11 is 5.48. The SMILES string of the molecule is CC(C)Sc1nnc2sc3c(c2c1SC(C)C)CC(C)(C)OC3. The number of thioether (sulfide) groups is 2. The van der Waals surface area contributed by atoms with Crippen LogP contribution >= 0.6 is 34.9 Å². The second-order valence-electron chi connectivity index (χ2n) is 7.08. The Morgan fingerprint density at radius 1 is 1.09 bits per heavy atom. The van der Waals surface area contributed by atoms with Crippen molar-refractivity contribution < 1.29 is 4.74 Å². The zero-order valence-corrected chi connectivity index (χ0v) is 17.0. The maximum absolute atomic E-state index is 5.99. The Balaban J connectivity index is 2.20. The van der Waals surface area contributed by atoms with E-state index >= 15 is 0 Å². The van der Waals surface area contributed by atoms with Crippen molar-refractivity contribution >= 4 is 45.1 Å². The molecule has 0 saturated carbocycles. The van der Waals surface area contributed by atoms with Crippen LogP contribution in [0, 0.1) is 0 Å². The molecule has 0 radical (unpaired) electrons. The van der Waals surface area contributed by atoms with Gasteiger partial charge in [-0.1, -0.05) is 27.7 Å². The molecule has 3 nitrogen and oxygen atoms in total. The summed E-state index contributed by atoms with van der Waals surface area (Å²) in [6.45, 7) is 13.9. The van der Waals surface area contributed by atoms with Gasteiger partial charge in [-0.05, 0) is 19.4 Å². The minimum atomic E-state index is -0.102. The lowest BCUT2D eigenvalue weighted by Gasteiger charge is -2.30. The topological polar surface area (TPSA) is 35.0 Å². The first kappa shape index (κ1) is 17.5. The summed E-state index contributed by atoms with van der Waals surface area (Å²) in [4.78, 5) is 3.71. The first-order chi connectivity index (χ1) is 10.8. The van der Waals surface area contributed by atoms with E-state index in [1.807, 2.05) is 23.5 Å². The van der Waals surface area contributed by atoms with Crippen LogP contribution in [0.2, 0.25) is 0 Å². The minimum absolute atomic E-state index is 0.102. The monoisotopic (exact) mass is 368 g/mol. The van der Waals surface area contributed by atoms with Gasteiger partial charge >= 0.3 is 0 Å². The van der Waals surface area contributed by atoms with Gasteiger partial charge in [-0.25, -0.2) is 0 Å². The lowest BCUT2D eigenvalue weighted by Crippen LogP contribution is -2.31. The number of thiophene rings is 1. The van der Waals surface area contributed by atoms with Crippen LogP contribution in [0.1, 0.15) is 52.0 Å². The van der Waals surface area contributed by atoms with E-state index in [4.69, 9.17) is 4.74 Å². The van der Waals surface area contributed by atoms with Gasteiger partial charge in [0, 0.05) is 27.2 Å². The largest absolute Gasteiger partial charge is 0.370 e. The fourth-order valence-corrected chi connectivity index (χ4v) is 5.84. The van der Waals surface area contributed by atoms with Gasteiger partial charge in [0.2, 0.25) is 0 Å². The van der Waals surface area contributed by atoms with E-state index in [1.54, 1.807) is 11.3 Å². The fourth-order valence-electron chi connectivity index (χ4n) is 2.73. The molecular formula is C17H24N2OS3. The summed E-state index contributed by atoms with van der Waals surface area (Å²) < 4.78 is 5.99. The van der Waals surface area contributed by atoms with E-state index in [0.717, 1.165) is 16.3 Å². The third-order valence-electron chi connectivity index (χ3n) is 3.62. The summed E-state index contributed by atoms with van der Waals surface area (Å²) in [5.41, 5.74) is 1.33. The first-order valence-corrected chi connectivity index (χ1v) is 10.6. The Bertz CT molecular complexity index is 722. The molecule has 126 valence electrons. The van der Waals surface area contributed by atoms with Crippen molar-refractivity contribution in [2.45, 2.75) is 80.6 Å². The van der Waals surface area contributed by atoms with Crippen LogP contribution in [0.15, 0.2) is 9.92 Å². The molecule has 1 aliphatic heterocycles. The van der Waals surface area contributed by atoms with Crippen LogP contribution < -0.4 is 0 Å². The van der Waals surface area contributed by atoms with Gasteiger partial charge in [0.15, 0.2) is 0 Å². The highest BCUT2D eigenvalue weighted by Gasteiger charge is 2.31. The summed E-state index contributed by atoms with van der Waals surface area (Å²) in [5, 5.41) is 12.5. The first-order valence-electron chi connectivity index (χ1n) is 8.05. The van der Waals surface area contributed by atoms with Gasteiger partial charge in [-0.15, -0.1) is 45.1 Å². The Labute approximate surface area is 151 Å². The van der Waals surface area contributed by atoms with Gasteiger partial charge in [-0.3, -0.25) is 0 Å². The number of rotatable bonds is 4. The Morgan fingerprint density at radius 3 is 2.43 bits per heavy atom. The van der Waals surface area contributed by atoms with E-state index < -0.39 is 0 Å². The highest BCUT2D eigenvalue weighted by atomic mass is 32.2. The molecular weight excluding hydrogens is 344 g/mol. The molecule has 3 heterocycles. The number of hydrogen-bond acceptors (Lipinski definition) is 6. The van der Waals surface area contributed by atoms with Crippen molar-refractivity contribution in [2.75, 3.05) is 0 Å². The molecule has 0 amide bonds. The molecule has 23 heavy (non-hydrogen) atoms. The van der Waals surface area contributed by atoms with E-state index in [1.165, 1.54) is 20.7 Å². The molecule has 0 N–H and O–H groups in total. The molecule has 0 atom stereocenters. The van der Waals surface area contributed by atoms with E-state index in [0.29, 0.717) is 17.1 Å². The van der Waals surface area contributed by atoms with Crippen LogP contribution in [0.5, 0.6) is 0 Å². The predicted octanol–water partition coefficient (Wildman–Crippen LogP) is 5.54. The van der Waals surface area contributed by atoms with Gasteiger partial charge in [-0.2, -0.15) is 0 Å². The third kappa shape index (κ3) is 3.70. The highest BCUT2D eigenvalue weighted by molar-refractivity contribution is 8.03. The zero-order chi connectivity index (χ0) is 16.8. The van der Waals surface area contributed by atoms with Gasteiger partial charge in [0.1, 0.15) is 9.86 Å². The fraction of sp³-hybridized carbons (Fsp3) is 0.647. The zero-order valence-electron chi connectivity index (χ0n) is 14.6. The summed E-state index contributed by atoms with van der Waals surface area (Å²) in [5.74, 6) is 0. The highest BCUT2D eigenvalue weighted by Crippen LogP contribution is 2.45. The predicted molar refractivity (Wildman–Crippen MR) is 102 cm³/mol. The number of aromatic nitrogens is 2. The molecule has 0 saturated heterocycles. The Hall–Kier alpha value is -0.300. The van der Waals surface area contributed by atoms with Crippen molar-refractivity contribution in [1.82, 2.24) is 10.2 Å². The molecule has 3 rings (SSSR count). The maximum Gasteiger partial charge on any atom is 0.147 e. The molecule has 0 bridgehead atoms. The summed E-state index contributed by atoms with van der Waals surface area (Å²) in [6.07, 6.45) is 0.950. The minimum Gasteiger partial charge on any atom is -0.370 e. The smallest absolute Gasteiger partial charge is 0.147 e.